The predicted octanol–water partition coefficient (Wildman–Crippen LogP) is 4.08. The van der Waals surface area contributed by atoms with Crippen LogP contribution in [0.5, 0.6) is 0 Å². The van der Waals surface area contributed by atoms with Crippen LogP contribution in [-0.2, 0) is 13.0 Å². The zero-order valence-corrected chi connectivity index (χ0v) is 13.7. The van der Waals surface area contributed by atoms with Gasteiger partial charge in [-0.3, -0.25) is 0 Å². The average Bonchev–Trinajstić information content (AvgIpc) is 3.02. The molecule has 1 atom stereocenters. The third kappa shape index (κ3) is 3.64. The van der Waals surface area contributed by atoms with Crippen molar-refractivity contribution in [2.75, 3.05) is 0 Å². The molecule has 5 heteroatoms. The summed E-state index contributed by atoms with van der Waals surface area (Å²) in [6, 6.07) is 8.62. The number of rotatable bonds is 5. The van der Waals surface area contributed by atoms with Crippen LogP contribution in [0.2, 0.25) is 5.02 Å². The summed E-state index contributed by atoms with van der Waals surface area (Å²) in [5.74, 6) is 0. The number of aryl methyl sites for hydroxylation is 1. The van der Waals surface area contributed by atoms with Gasteiger partial charge in [0, 0.05) is 34.7 Å². The van der Waals surface area contributed by atoms with E-state index in [1.165, 1.54) is 9.75 Å². The molecule has 0 saturated heterocycles. The molecule has 3 heterocycles. The molecular formula is C16H18ClN3S. The van der Waals surface area contributed by atoms with E-state index < -0.39 is 0 Å². The van der Waals surface area contributed by atoms with Gasteiger partial charge in [-0.2, -0.15) is 0 Å². The van der Waals surface area contributed by atoms with Crippen molar-refractivity contribution in [2.45, 2.75) is 32.9 Å². The number of fused-ring (bicyclic) bond motifs is 1. The number of imidazole rings is 1. The van der Waals surface area contributed by atoms with Crippen molar-refractivity contribution >= 4 is 28.6 Å². The second-order valence-electron chi connectivity index (χ2n) is 5.34. The molecule has 0 bridgehead atoms. The first-order valence-corrected chi connectivity index (χ1v) is 8.21. The van der Waals surface area contributed by atoms with Crippen LogP contribution in [-0.4, -0.2) is 15.4 Å². The van der Waals surface area contributed by atoms with Crippen LogP contribution in [0.3, 0.4) is 0 Å². The molecule has 0 aromatic carbocycles. The third-order valence-electron chi connectivity index (χ3n) is 3.40. The Balaban J connectivity index is 1.60. The largest absolute Gasteiger partial charge is 0.308 e. The van der Waals surface area contributed by atoms with Crippen molar-refractivity contribution in [3.05, 3.63) is 57.1 Å². The highest BCUT2D eigenvalue weighted by molar-refractivity contribution is 7.11. The molecule has 3 aromatic heterocycles. The molecule has 3 nitrogen and oxygen atoms in total. The number of pyridine rings is 1. The van der Waals surface area contributed by atoms with Gasteiger partial charge in [-0.25, -0.2) is 4.98 Å². The topological polar surface area (TPSA) is 29.3 Å². The van der Waals surface area contributed by atoms with E-state index in [1.807, 2.05) is 40.3 Å². The van der Waals surface area contributed by atoms with E-state index in [9.17, 15) is 0 Å². The van der Waals surface area contributed by atoms with Crippen LogP contribution >= 0.6 is 22.9 Å². The number of nitrogens with one attached hydrogen (secondary N) is 1. The van der Waals surface area contributed by atoms with Gasteiger partial charge >= 0.3 is 0 Å². The lowest BCUT2D eigenvalue weighted by molar-refractivity contribution is 0.544. The quantitative estimate of drug-likeness (QED) is 0.768. The third-order valence-corrected chi connectivity index (χ3v) is 4.65. The SMILES string of the molecule is Cc1ccc(CC(C)NCc2cn3cc(Cl)ccc3n2)s1. The number of hydrogen-bond donors (Lipinski definition) is 1. The molecule has 0 radical (unpaired) electrons. The summed E-state index contributed by atoms with van der Waals surface area (Å²) >= 11 is 7.85. The molecule has 1 N–H and O–H groups in total. The maximum absolute atomic E-state index is 5.98. The zero-order valence-electron chi connectivity index (χ0n) is 12.1. The van der Waals surface area contributed by atoms with Gasteiger partial charge in [0.25, 0.3) is 0 Å². The molecule has 0 spiro atoms. The van der Waals surface area contributed by atoms with Crippen molar-refractivity contribution in [1.29, 1.82) is 0 Å². The smallest absolute Gasteiger partial charge is 0.137 e. The van der Waals surface area contributed by atoms with Crippen molar-refractivity contribution in [1.82, 2.24) is 14.7 Å². The van der Waals surface area contributed by atoms with E-state index >= 15 is 0 Å². The van der Waals surface area contributed by atoms with Gasteiger partial charge in [-0.15, -0.1) is 11.3 Å². The summed E-state index contributed by atoms with van der Waals surface area (Å²) in [5, 5.41) is 4.25. The van der Waals surface area contributed by atoms with Gasteiger partial charge < -0.3 is 9.72 Å². The molecule has 0 aliphatic heterocycles. The number of halogens is 1. The summed E-state index contributed by atoms with van der Waals surface area (Å²) in [6.07, 6.45) is 4.96. The lowest BCUT2D eigenvalue weighted by Gasteiger charge is -2.11. The van der Waals surface area contributed by atoms with E-state index in [4.69, 9.17) is 11.6 Å². The number of aromatic nitrogens is 2. The van der Waals surface area contributed by atoms with E-state index in [-0.39, 0.29) is 0 Å². The lowest BCUT2D eigenvalue weighted by atomic mass is 10.2. The van der Waals surface area contributed by atoms with E-state index in [0.717, 1.165) is 29.3 Å². The number of hydrogen-bond acceptors (Lipinski definition) is 3. The van der Waals surface area contributed by atoms with Crippen molar-refractivity contribution in [2.24, 2.45) is 0 Å². The maximum atomic E-state index is 5.98. The molecule has 0 saturated carbocycles. The summed E-state index contributed by atoms with van der Waals surface area (Å²) in [6.45, 7) is 5.13. The Morgan fingerprint density at radius 3 is 2.90 bits per heavy atom. The normalized spacial score (nSPS) is 12.9. The second kappa shape index (κ2) is 6.18. The van der Waals surface area contributed by atoms with Crippen LogP contribution in [0.15, 0.2) is 36.7 Å². The molecule has 110 valence electrons. The van der Waals surface area contributed by atoms with E-state index in [1.54, 1.807) is 0 Å². The molecule has 3 aromatic rings. The Bertz CT molecular complexity index is 747. The first-order chi connectivity index (χ1) is 10.1. The van der Waals surface area contributed by atoms with Gasteiger partial charge in [-0.05, 0) is 44.5 Å². The maximum Gasteiger partial charge on any atom is 0.137 e. The monoisotopic (exact) mass is 319 g/mol. The Hall–Kier alpha value is -1.36. The van der Waals surface area contributed by atoms with Gasteiger partial charge in [0.15, 0.2) is 0 Å². The minimum Gasteiger partial charge on any atom is -0.308 e. The Morgan fingerprint density at radius 2 is 2.14 bits per heavy atom. The molecule has 21 heavy (non-hydrogen) atoms. The summed E-state index contributed by atoms with van der Waals surface area (Å²) in [5.41, 5.74) is 1.96. The van der Waals surface area contributed by atoms with Crippen LogP contribution in [0.1, 0.15) is 22.4 Å². The first-order valence-electron chi connectivity index (χ1n) is 7.02. The molecule has 3 rings (SSSR count). The van der Waals surface area contributed by atoms with Gasteiger partial charge in [-0.1, -0.05) is 11.6 Å². The fourth-order valence-electron chi connectivity index (χ4n) is 2.35. The Labute approximate surface area is 133 Å². The lowest BCUT2D eigenvalue weighted by Crippen LogP contribution is -2.27. The summed E-state index contributed by atoms with van der Waals surface area (Å²) in [4.78, 5) is 7.38. The van der Waals surface area contributed by atoms with Gasteiger partial charge in [0.1, 0.15) is 5.65 Å². The number of nitrogens with zero attached hydrogens (tertiary/aromatic N) is 2. The molecule has 0 aliphatic rings. The minimum atomic E-state index is 0.427. The molecular weight excluding hydrogens is 302 g/mol. The van der Waals surface area contributed by atoms with Crippen LogP contribution in [0, 0.1) is 6.92 Å². The van der Waals surface area contributed by atoms with Crippen LogP contribution < -0.4 is 5.32 Å². The summed E-state index contributed by atoms with van der Waals surface area (Å²) < 4.78 is 1.96. The van der Waals surface area contributed by atoms with Crippen LogP contribution in [0.25, 0.3) is 5.65 Å². The highest BCUT2D eigenvalue weighted by atomic mass is 35.5. The molecule has 1 unspecified atom stereocenters. The highest BCUT2D eigenvalue weighted by Gasteiger charge is 2.07. The number of thiophene rings is 1. The van der Waals surface area contributed by atoms with Gasteiger partial charge in [0.05, 0.1) is 10.7 Å². The van der Waals surface area contributed by atoms with Crippen molar-refractivity contribution < 1.29 is 0 Å². The highest BCUT2D eigenvalue weighted by Crippen LogP contribution is 2.17. The second-order valence-corrected chi connectivity index (χ2v) is 7.15. The van der Waals surface area contributed by atoms with Crippen molar-refractivity contribution in [3.63, 3.8) is 0 Å². The Kier molecular flexibility index (Phi) is 4.29. The van der Waals surface area contributed by atoms with Crippen LogP contribution in [0.4, 0.5) is 0 Å². The fraction of sp³-hybridized carbons (Fsp3) is 0.312. The first kappa shape index (κ1) is 14.6. The van der Waals surface area contributed by atoms with Crippen molar-refractivity contribution in [3.8, 4) is 0 Å². The van der Waals surface area contributed by atoms with E-state index in [0.29, 0.717) is 6.04 Å². The molecule has 0 fully saturated rings. The van der Waals surface area contributed by atoms with Gasteiger partial charge in [0.2, 0.25) is 0 Å². The average molecular weight is 320 g/mol. The standard InChI is InChI=1S/C16H18ClN3S/c1-11(7-15-5-3-12(2)21-15)18-8-14-10-20-9-13(17)4-6-16(20)19-14/h3-6,9-11,18H,7-8H2,1-2H3. The predicted molar refractivity (Wildman–Crippen MR) is 89.3 cm³/mol. The minimum absolute atomic E-state index is 0.427. The summed E-state index contributed by atoms with van der Waals surface area (Å²) in [7, 11) is 0. The fourth-order valence-corrected chi connectivity index (χ4v) is 3.54. The molecule has 0 amide bonds. The Morgan fingerprint density at radius 1 is 1.29 bits per heavy atom. The molecule has 0 aliphatic carbocycles. The zero-order chi connectivity index (χ0) is 14.8. The van der Waals surface area contributed by atoms with E-state index in [2.05, 4.69) is 36.3 Å².